The maximum atomic E-state index is 13.8. The second-order valence-electron chi connectivity index (χ2n) is 5.73. The highest BCUT2D eigenvalue weighted by atomic mass is 127. The van der Waals surface area contributed by atoms with Crippen molar-refractivity contribution in [3.63, 3.8) is 0 Å². The number of aromatic nitrogens is 1. The number of aliphatic imine (C=N–C) groups is 1. The molecule has 2 aromatic rings. The van der Waals surface area contributed by atoms with Crippen LogP contribution in [-0.2, 0) is 6.42 Å². The third kappa shape index (κ3) is 4.89. The molecular formula is C17H22FIN4S. The van der Waals surface area contributed by atoms with Crippen molar-refractivity contribution in [3.05, 3.63) is 51.7 Å². The van der Waals surface area contributed by atoms with E-state index < -0.39 is 0 Å². The number of thiazole rings is 1. The first-order valence-electron chi connectivity index (χ1n) is 7.80. The molecule has 1 aliphatic carbocycles. The van der Waals surface area contributed by atoms with Crippen molar-refractivity contribution in [3.8, 4) is 0 Å². The summed E-state index contributed by atoms with van der Waals surface area (Å²) < 4.78 is 13.8. The van der Waals surface area contributed by atoms with E-state index in [0.717, 1.165) is 35.9 Å². The van der Waals surface area contributed by atoms with Crippen LogP contribution in [0.5, 0.6) is 0 Å². The van der Waals surface area contributed by atoms with Gasteiger partial charge in [0.05, 0.1) is 5.01 Å². The van der Waals surface area contributed by atoms with Crippen LogP contribution in [0.15, 0.2) is 35.5 Å². The van der Waals surface area contributed by atoms with Crippen LogP contribution < -0.4 is 10.6 Å². The van der Waals surface area contributed by atoms with E-state index in [-0.39, 0.29) is 41.8 Å². The van der Waals surface area contributed by atoms with E-state index in [2.05, 4.69) is 27.5 Å². The van der Waals surface area contributed by atoms with E-state index >= 15 is 0 Å². The van der Waals surface area contributed by atoms with E-state index in [1.165, 1.54) is 10.9 Å². The minimum Gasteiger partial charge on any atom is -0.356 e. The molecule has 0 bridgehead atoms. The summed E-state index contributed by atoms with van der Waals surface area (Å²) in [5.41, 5.74) is 0.790. The van der Waals surface area contributed by atoms with Crippen molar-refractivity contribution in [1.82, 2.24) is 15.6 Å². The van der Waals surface area contributed by atoms with Gasteiger partial charge < -0.3 is 10.6 Å². The van der Waals surface area contributed by atoms with Crippen molar-refractivity contribution < 1.29 is 4.39 Å². The van der Waals surface area contributed by atoms with Crippen LogP contribution in [0.25, 0.3) is 0 Å². The Morgan fingerprint density at radius 2 is 2.21 bits per heavy atom. The second-order valence-corrected chi connectivity index (χ2v) is 7.05. The molecule has 1 heterocycles. The lowest BCUT2D eigenvalue weighted by atomic mass is 10.1. The predicted molar refractivity (Wildman–Crippen MR) is 108 cm³/mol. The zero-order valence-electron chi connectivity index (χ0n) is 13.8. The Kier molecular flexibility index (Phi) is 6.97. The van der Waals surface area contributed by atoms with Gasteiger partial charge in [0.2, 0.25) is 0 Å². The Hall–Kier alpha value is -1.22. The number of hydrogen-bond donors (Lipinski definition) is 2. The molecule has 3 rings (SSSR count). The van der Waals surface area contributed by atoms with Gasteiger partial charge in [-0.15, -0.1) is 35.3 Å². The molecule has 1 aromatic carbocycles. The maximum absolute atomic E-state index is 13.8. The van der Waals surface area contributed by atoms with E-state index in [0.29, 0.717) is 0 Å². The summed E-state index contributed by atoms with van der Waals surface area (Å²) in [6, 6.07) is 7.25. The summed E-state index contributed by atoms with van der Waals surface area (Å²) in [5, 5.41) is 7.79. The second kappa shape index (κ2) is 8.75. The Balaban J connectivity index is 0.00000208. The average molecular weight is 460 g/mol. The number of halogens is 2. The van der Waals surface area contributed by atoms with Crippen LogP contribution in [0.2, 0.25) is 0 Å². The standard InChI is InChI=1S/C17H21FN4S.HI/c1-11-10-21-16(23-11)7-8-20-17(19-2)22-15-9-13(15)12-5-3-4-6-14(12)18;/h3-6,10,13,15H,7-9H2,1-2H3,(H2,19,20,22);1H. The summed E-state index contributed by atoms with van der Waals surface area (Å²) in [4.78, 5) is 9.82. The number of guanidine groups is 1. The monoisotopic (exact) mass is 460 g/mol. The van der Waals surface area contributed by atoms with Gasteiger partial charge in [0, 0.05) is 43.0 Å². The highest BCUT2D eigenvalue weighted by molar-refractivity contribution is 14.0. The average Bonchev–Trinajstić information content (AvgIpc) is 3.18. The molecule has 0 saturated heterocycles. The van der Waals surface area contributed by atoms with Gasteiger partial charge in [-0.1, -0.05) is 18.2 Å². The molecule has 1 saturated carbocycles. The number of aryl methyl sites for hydroxylation is 1. The van der Waals surface area contributed by atoms with Crippen molar-refractivity contribution >= 4 is 41.3 Å². The van der Waals surface area contributed by atoms with Gasteiger partial charge in [0.15, 0.2) is 5.96 Å². The van der Waals surface area contributed by atoms with Crippen molar-refractivity contribution in [2.45, 2.75) is 31.7 Å². The topological polar surface area (TPSA) is 49.3 Å². The number of hydrogen-bond acceptors (Lipinski definition) is 3. The van der Waals surface area contributed by atoms with E-state index in [4.69, 9.17) is 0 Å². The molecule has 2 unspecified atom stereocenters. The zero-order valence-corrected chi connectivity index (χ0v) is 16.9. The first kappa shape index (κ1) is 19.1. The summed E-state index contributed by atoms with van der Waals surface area (Å²) in [6.45, 7) is 2.84. The minimum absolute atomic E-state index is 0. The molecule has 0 aliphatic heterocycles. The van der Waals surface area contributed by atoms with Gasteiger partial charge in [0.25, 0.3) is 0 Å². The van der Waals surface area contributed by atoms with Crippen molar-refractivity contribution in [2.24, 2.45) is 4.99 Å². The van der Waals surface area contributed by atoms with Crippen LogP contribution in [0.4, 0.5) is 4.39 Å². The molecular weight excluding hydrogens is 438 g/mol. The third-order valence-electron chi connectivity index (χ3n) is 3.94. The summed E-state index contributed by atoms with van der Waals surface area (Å²) in [6.07, 6.45) is 3.71. The highest BCUT2D eigenvalue weighted by Gasteiger charge is 2.40. The van der Waals surface area contributed by atoms with Gasteiger partial charge in [-0.2, -0.15) is 0 Å². The molecule has 130 valence electrons. The van der Waals surface area contributed by atoms with Crippen LogP contribution in [0, 0.1) is 12.7 Å². The van der Waals surface area contributed by atoms with Gasteiger partial charge >= 0.3 is 0 Å². The molecule has 0 spiro atoms. The van der Waals surface area contributed by atoms with Crippen LogP contribution in [-0.4, -0.2) is 30.6 Å². The molecule has 1 fully saturated rings. The number of nitrogens with one attached hydrogen (secondary N) is 2. The number of rotatable bonds is 5. The summed E-state index contributed by atoms with van der Waals surface area (Å²) in [7, 11) is 1.75. The lowest BCUT2D eigenvalue weighted by Gasteiger charge is -2.11. The zero-order chi connectivity index (χ0) is 16.2. The molecule has 0 amide bonds. The number of nitrogens with zero attached hydrogens (tertiary/aromatic N) is 2. The molecule has 1 aromatic heterocycles. The SMILES string of the molecule is CN=C(NCCc1ncc(C)s1)NC1CC1c1ccccc1F.I. The lowest BCUT2D eigenvalue weighted by Crippen LogP contribution is -2.39. The third-order valence-corrected chi connectivity index (χ3v) is 4.91. The largest absolute Gasteiger partial charge is 0.356 e. The molecule has 1 aliphatic rings. The summed E-state index contributed by atoms with van der Waals surface area (Å²) >= 11 is 1.72. The van der Waals surface area contributed by atoms with Crippen molar-refractivity contribution in [1.29, 1.82) is 0 Å². The van der Waals surface area contributed by atoms with Gasteiger partial charge in [0.1, 0.15) is 5.82 Å². The molecule has 24 heavy (non-hydrogen) atoms. The predicted octanol–water partition coefficient (Wildman–Crippen LogP) is 3.47. The van der Waals surface area contributed by atoms with Gasteiger partial charge in [-0.25, -0.2) is 9.37 Å². The molecule has 4 nitrogen and oxygen atoms in total. The molecule has 2 N–H and O–H groups in total. The fourth-order valence-electron chi connectivity index (χ4n) is 2.65. The maximum Gasteiger partial charge on any atom is 0.191 e. The molecule has 0 radical (unpaired) electrons. The Bertz CT molecular complexity index is 703. The first-order chi connectivity index (χ1) is 11.2. The van der Waals surface area contributed by atoms with Crippen LogP contribution in [0.3, 0.4) is 0 Å². The lowest BCUT2D eigenvalue weighted by molar-refractivity contribution is 0.607. The van der Waals surface area contributed by atoms with E-state index in [1.54, 1.807) is 24.5 Å². The molecule has 7 heteroatoms. The fourth-order valence-corrected chi connectivity index (χ4v) is 3.44. The Labute approximate surface area is 163 Å². The normalized spacial score (nSPS) is 19.5. The summed E-state index contributed by atoms with van der Waals surface area (Å²) in [5.74, 6) is 0.877. The Morgan fingerprint density at radius 3 is 2.88 bits per heavy atom. The molecule has 2 atom stereocenters. The fraction of sp³-hybridized carbons (Fsp3) is 0.412. The number of benzene rings is 1. The quantitative estimate of drug-likeness (QED) is 0.408. The van der Waals surface area contributed by atoms with Gasteiger partial charge in [-0.05, 0) is 25.0 Å². The smallest absolute Gasteiger partial charge is 0.191 e. The van der Waals surface area contributed by atoms with E-state index in [9.17, 15) is 4.39 Å². The van der Waals surface area contributed by atoms with Gasteiger partial charge in [-0.3, -0.25) is 4.99 Å². The minimum atomic E-state index is -0.121. The van der Waals surface area contributed by atoms with E-state index in [1.807, 2.05) is 18.3 Å². The first-order valence-corrected chi connectivity index (χ1v) is 8.62. The van der Waals surface area contributed by atoms with Crippen LogP contribution >= 0.6 is 35.3 Å². The Morgan fingerprint density at radius 1 is 1.42 bits per heavy atom. The highest BCUT2D eigenvalue weighted by Crippen LogP contribution is 2.41. The van der Waals surface area contributed by atoms with Crippen LogP contribution in [0.1, 0.15) is 27.8 Å². The van der Waals surface area contributed by atoms with Crippen molar-refractivity contribution in [2.75, 3.05) is 13.6 Å².